The number of rotatable bonds is 2. The Labute approximate surface area is 87.4 Å². The van der Waals surface area contributed by atoms with Crippen LogP contribution >= 0.6 is 23.4 Å². The van der Waals surface area contributed by atoms with Crippen molar-refractivity contribution in [3.8, 4) is 5.40 Å². The number of benzene rings is 1. The summed E-state index contributed by atoms with van der Waals surface area (Å²) in [6, 6.07) is 1.75. The van der Waals surface area contributed by atoms with Gasteiger partial charge in [-0.3, -0.25) is 10.1 Å². The van der Waals surface area contributed by atoms with Crippen molar-refractivity contribution in [3.63, 3.8) is 0 Å². The summed E-state index contributed by atoms with van der Waals surface area (Å²) in [4.78, 5) is 9.70. The smallest absolute Gasteiger partial charge is 0.258 e. The summed E-state index contributed by atoms with van der Waals surface area (Å²) < 4.78 is 12.8. The maximum Gasteiger partial charge on any atom is 0.286 e. The van der Waals surface area contributed by atoms with Gasteiger partial charge >= 0.3 is 0 Å². The molecule has 0 aliphatic heterocycles. The van der Waals surface area contributed by atoms with Gasteiger partial charge in [0.1, 0.15) is 16.1 Å². The number of thiocyanates is 1. The lowest BCUT2D eigenvalue weighted by Crippen LogP contribution is -1.92. The van der Waals surface area contributed by atoms with Crippen LogP contribution in [0.4, 0.5) is 10.1 Å². The fraction of sp³-hybridized carbons (Fsp3) is 0. The molecule has 0 N–H and O–H groups in total. The quantitative estimate of drug-likeness (QED) is 0.340. The topological polar surface area (TPSA) is 66.9 Å². The molecule has 0 atom stereocenters. The zero-order chi connectivity index (χ0) is 10.7. The predicted octanol–water partition coefficient (Wildman–Crippen LogP) is 2.96. The fourth-order valence-electron chi connectivity index (χ4n) is 0.792. The van der Waals surface area contributed by atoms with Gasteiger partial charge < -0.3 is 0 Å². The Morgan fingerprint density at radius 1 is 1.64 bits per heavy atom. The lowest BCUT2D eigenvalue weighted by molar-refractivity contribution is -0.387. The van der Waals surface area contributed by atoms with Crippen LogP contribution in [-0.2, 0) is 0 Å². The standard InChI is InChI=1S/C7H2ClFN2O2S/c8-4-1-7(14-3-10)6(11(12)13)2-5(4)9/h1-2H. The maximum atomic E-state index is 12.8. The molecule has 0 saturated carbocycles. The SMILES string of the molecule is N#CSc1cc(Cl)c(F)cc1[N+](=O)[O-]. The second-order valence-corrected chi connectivity index (χ2v) is 3.42. The molecule has 0 unspecified atom stereocenters. The van der Waals surface area contributed by atoms with Gasteiger partial charge in [-0.05, 0) is 17.8 Å². The van der Waals surface area contributed by atoms with Crippen LogP contribution in [0.25, 0.3) is 0 Å². The molecule has 0 fully saturated rings. The number of halogens is 2. The van der Waals surface area contributed by atoms with Crippen molar-refractivity contribution in [1.82, 2.24) is 0 Å². The minimum absolute atomic E-state index is 0.0314. The molecule has 0 heterocycles. The lowest BCUT2D eigenvalue weighted by atomic mass is 10.3. The van der Waals surface area contributed by atoms with Gasteiger partial charge in [0.2, 0.25) is 0 Å². The Morgan fingerprint density at radius 3 is 2.79 bits per heavy atom. The van der Waals surface area contributed by atoms with Crippen LogP contribution < -0.4 is 0 Å². The Bertz CT molecular complexity index is 432. The van der Waals surface area contributed by atoms with Gasteiger partial charge in [0.15, 0.2) is 0 Å². The van der Waals surface area contributed by atoms with Crippen LogP contribution in [0, 0.1) is 26.6 Å². The third-order valence-electron chi connectivity index (χ3n) is 1.35. The minimum atomic E-state index is -0.874. The van der Waals surface area contributed by atoms with Crippen molar-refractivity contribution in [2.24, 2.45) is 0 Å². The molecule has 0 amide bonds. The van der Waals surface area contributed by atoms with Crippen molar-refractivity contribution in [2.45, 2.75) is 4.90 Å². The maximum absolute atomic E-state index is 12.8. The van der Waals surface area contributed by atoms with E-state index >= 15 is 0 Å². The van der Waals surface area contributed by atoms with E-state index in [-0.39, 0.29) is 9.92 Å². The summed E-state index contributed by atoms with van der Waals surface area (Å²) in [6.45, 7) is 0. The number of nitriles is 1. The van der Waals surface area contributed by atoms with E-state index in [9.17, 15) is 14.5 Å². The number of nitro groups is 1. The Hall–Kier alpha value is -1.32. The molecule has 0 radical (unpaired) electrons. The number of thioether (sulfide) groups is 1. The monoisotopic (exact) mass is 232 g/mol. The summed E-state index contributed by atoms with van der Waals surface area (Å²) in [6.07, 6.45) is 0. The van der Waals surface area contributed by atoms with E-state index in [1.165, 1.54) is 0 Å². The fourth-order valence-corrected chi connectivity index (χ4v) is 1.53. The van der Waals surface area contributed by atoms with E-state index < -0.39 is 16.4 Å². The number of nitrogens with zero attached hydrogens (tertiary/aromatic N) is 2. The average molecular weight is 233 g/mol. The molecule has 4 nitrogen and oxygen atoms in total. The molecule has 14 heavy (non-hydrogen) atoms. The molecule has 1 aromatic carbocycles. The first-order chi connectivity index (χ1) is 6.56. The first-order valence-electron chi connectivity index (χ1n) is 3.25. The summed E-state index contributed by atoms with van der Waals surface area (Å²) in [7, 11) is 0. The van der Waals surface area contributed by atoms with Crippen LogP contribution in [0.15, 0.2) is 17.0 Å². The van der Waals surface area contributed by atoms with E-state index in [2.05, 4.69) is 0 Å². The van der Waals surface area contributed by atoms with Crippen LogP contribution in [0.2, 0.25) is 5.02 Å². The largest absolute Gasteiger partial charge is 0.286 e. The third-order valence-corrected chi connectivity index (χ3v) is 2.28. The van der Waals surface area contributed by atoms with Crippen LogP contribution in [-0.4, -0.2) is 4.92 Å². The number of nitro benzene ring substituents is 1. The number of hydrogen-bond donors (Lipinski definition) is 0. The molecule has 1 rings (SSSR count). The molecule has 0 aromatic heterocycles. The van der Waals surface area contributed by atoms with Gasteiger partial charge in [0.25, 0.3) is 5.69 Å². The van der Waals surface area contributed by atoms with Gasteiger partial charge in [-0.15, -0.1) is 0 Å². The molecule has 0 bridgehead atoms. The van der Waals surface area contributed by atoms with Crippen molar-refractivity contribution in [3.05, 3.63) is 33.1 Å². The predicted molar refractivity (Wildman–Crippen MR) is 49.5 cm³/mol. The van der Waals surface area contributed by atoms with E-state index in [1.807, 2.05) is 0 Å². The molecule has 72 valence electrons. The van der Waals surface area contributed by atoms with E-state index in [0.717, 1.165) is 6.07 Å². The molecule has 0 saturated heterocycles. The van der Waals surface area contributed by atoms with Gasteiger partial charge in [0.05, 0.1) is 16.0 Å². The first-order valence-corrected chi connectivity index (χ1v) is 4.45. The third kappa shape index (κ3) is 2.13. The Kier molecular flexibility index (Phi) is 3.28. The lowest BCUT2D eigenvalue weighted by Gasteiger charge is -1.99. The van der Waals surface area contributed by atoms with Crippen molar-refractivity contribution >= 4 is 29.1 Å². The Balaban J connectivity index is 3.32. The first kappa shape index (κ1) is 10.8. The minimum Gasteiger partial charge on any atom is -0.258 e. The van der Waals surface area contributed by atoms with E-state index in [0.29, 0.717) is 17.8 Å². The second-order valence-electron chi connectivity index (χ2n) is 2.18. The van der Waals surface area contributed by atoms with Crippen LogP contribution in [0.3, 0.4) is 0 Å². The van der Waals surface area contributed by atoms with Gasteiger partial charge in [-0.25, -0.2) is 4.39 Å². The van der Waals surface area contributed by atoms with E-state index in [4.69, 9.17) is 16.9 Å². The zero-order valence-corrected chi connectivity index (χ0v) is 8.10. The average Bonchev–Trinajstić information content (AvgIpc) is 2.11. The molecule has 1 aromatic rings. The molecule has 7 heteroatoms. The molecule has 0 aliphatic rings. The summed E-state index contributed by atoms with van der Waals surface area (Å²) >= 11 is 5.97. The number of hydrogen-bond acceptors (Lipinski definition) is 4. The highest BCUT2D eigenvalue weighted by Crippen LogP contribution is 2.32. The molecular weight excluding hydrogens is 231 g/mol. The Morgan fingerprint density at radius 2 is 2.29 bits per heavy atom. The highest BCUT2D eigenvalue weighted by atomic mass is 35.5. The molecule has 0 aliphatic carbocycles. The van der Waals surface area contributed by atoms with E-state index in [1.54, 1.807) is 5.40 Å². The van der Waals surface area contributed by atoms with Gasteiger partial charge in [-0.1, -0.05) is 11.6 Å². The molecule has 0 spiro atoms. The summed E-state index contributed by atoms with van der Waals surface area (Å²) in [5.41, 5.74) is -0.460. The normalized spacial score (nSPS) is 9.50. The van der Waals surface area contributed by atoms with Crippen molar-refractivity contribution in [2.75, 3.05) is 0 Å². The van der Waals surface area contributed by atoms with Crippen LogP contribution in [0.5, 0.6) is 0 Å². The van der Waals surface area contributed by atoms with Crippen molar-refractivity contribution in [1.29, 1.82) is 5.26 Å². The van der Waals surface area contributed by atoms with Crippen LogP contribution in [0.1, 0.15) is 0 Å². The highest BCUT2D eigenvalue weighted by Gasteiger charge is 2.17. The van der Waals surface area contributed by atoms with Crippen molar-refractivity contribution < 1.29 is 9.31 Å². The highest BCUT2D eigenvalue weighted by molar-refractivity contribution is 8.03. The van der Waals surface area contributed by atoms with Gasteiger partial charge in [0, 0.05) is 0 Å². The zero-order valence-electron chi connectivity index (χ0n) is 6.53. The summed E-state index contributed by atoms with van der Waals surface area (Å²) in [5.74, 6) is -0.874. The molecular formula is C7H2ClFN2O2S. The summed E-state index contributed by atoms with van der Waals surface area (Å²) in [5, 5.41) is 20.2. The second kappa shape index (κ2) is 4.26. The van der Waals surface area contributed by atoms with Gasteiger partial charge in [-0.2, -0.15) is 5.26 Å².